The molecule has 0 N–H and O–H groups in total. The van der Waals surface area contributed by atoms with Crippen molar-refractivity contribution in [3.8, 4) is 74.0 Å². The number of aromatic nitrogens is 7. The highest BCUT2D eigenvalue weighted by molar-refractivity contribution is 6.11. The molecule has 62 heavy (non-hydrogen) atoms. The second-order valence-electron chi connectivity index (χ2n) is 15.1. The fourth-order valence-corrected chi connectivity index (χ4v) is 8.35. The first-order valence-corrected chi connectivity index (χ1v) is 20.5. The summed E-state index contributed by atoms with van der Waals surface area (Å²) in [5.41, 5.74) is 9.99. The van der Waals surface area contributed by atoms with Crippen LogP contribution >= 0.6 is 0 Å². The van der Waals surface area contributed by atoms with Crippen LogP contribution in [0, 0.1) is 0 Å². The van der Waals surface area contributed by atoms with Crippen LogP contribution in [0.2, 0.25) is 0 Å². The summed E-state index contributed by atoms with van der Waals surface area (Å²) < 4.78 is 8.98. The lowest BCUT2D eigenvalue weighted by Gasteiger charge is -2.11. The van der Waals surface area contributed by atoms with Gasteiger partial charge < -0.3 is 8.98 Å². The molecule has 0 saturated heterocycles. The van der Waals surface area contributed by atoms with E-state index in [0.29, 0.717) is 40.5 Å². The van der Waals surface area contributed by atoms with E-state index in [-0.39, 0.29) is 0 Å². The van der Waals surface area contributed by atoms with Crippen molar-refractivity contribution >= 4 is 43.7 Å². The molecule has 0 fully saturated rings. The molecule has 8 aromatic carbocycles. The Morgan fingerprint density at radius 2 is 0.726 bits per heavy atom. The third kappa shape index (κ3) is 6.09. The first kappa shape index (κ1) is 35.3. The van der Waals surface area contributed by atoms with Gasteiger partial charge in [-0.15, -0.1) is 0 Å². The van der Waals surface area contributed by atoms with Crippen molar-refractivity contribution < 1.29 is 4.42 Å². The summed E-state index contributed by atoms with van der Waals surface area (Å²) in [4.78, 5) is 30.1. The van der Waals surface area contributed by atoms with Crippen molar-refractivity contribution in [2.75, 3.05) is 0 Å². The number of hydrogen-bond donors (Lipinski definition) is 0. The Morgan fingerprint density at radius 3 is 1.26 bits per heavy atom. The van der Waals surface area contributed by atoms with E-state index in [1.54, 1.807) is 0 Å². The second kappa shape index (κ2) is 14.6. The number of hydrogen-bond acceptors (Lipinski definition) is 7. The lowest BCUT2D eigenvalue weighted by atomic mass is 10.1. The van der Waals surface area contributed by atoms with Crippen LogP contribution in [0.15, 0.2) is 205 Å². The standard InChI is InChI=1S/C54H33N7O/c1-4-15-34(16-5-1)49-55-50(35-17-6-2-7-18-35)58-53(57-49)38-29-32-47-44(33-38)42-23-14-24-43(48(42)62-47)54-59-51(36-19-8-3-9-20-36)56-52(60-54)37-27-30-39(31-28-37)61-45-25-12-10-21-40(45)41-22-11-13-26-46(41)61/h1-33H. The Labute approximate surface area is 355 Å². The largest absolute Gasteiger partial charge is 0.455 e. The third-order valence-corrected chi connectivity index (χ3v) is 11.3. The predicted octanol–water partition coefficient (Wildman–Crippen LogP) is 13.1. The normalized spacial score (nSPS) is 11.5. The van der Waals surface area contributed by atoms with Gasteiger partial charge in [0.25, 0.3) is 0 Å². The number of nitrogens with zero attached hydrogens (tertiary/aromatic N) is 7. The lowest BCUT2D eigenvalue weighted by Crippen LogP contribution is -2.00. The van der Waals surface area contributed by atoms with Crippen LogP contribution < -0.4 is 0 Å². The Morgan fingerprint density at radius 1 is 0.306 bits per heavy atom. The number of furan rings is 1. The molecule has 0 atom stereocenters. The number of para-hydroxylation sites is 3. The van der Waals surface area contributed by atoms with Gasteiger partial charge in [-0.05, 0) is 60.7 Å². The van der Waals surface area contributed by atoms with Crippen LogP contribution in [-0.4, -0.2) is 34.5 Å². The molecule has 8 heteroatoms. The molecule has 8 nitrogen and oxygen atoms in total. The summed E-state index contributed by atoms with van der Waals surface area (Å²) in [6.45, 7) is 0. The van der Waals surface area contributed by atoms with E-state index in [1.165, 1.54) is 10.8 Å². The molecule has 0 amide bonds. The zero-order valence-electron chi connectivity index (χ0n) is 33.1. The van der Waals surface area contributed by atoms with Crippen molar-refractivity contribution in [1.82, 2.24) is 34.5 Å². The predicted molar refractivity (Wildman–Crippen MR) is 247 cm³/mol. The maximum Gasteiger partial charge on any atom is 0.167 e. The minimum Gasteiger partial charge on any atom is -0.455 e. The molecule has 0 radical (unpaired) electrons. The Kier molecular flexibility index (Phi) is 8.31. The minimum absolute atomic E-state index is 0.516. The van der Waals surface area contributed by atoms with Crippen molar-refractivity contribution in [2.24, 2.45) is 0 Å². The zero-order valence-corrected chi connectivity index (χ0v) is 33.1. The van der Waals surface area contributed by atoms with Crippen LogP contribution in [0.25, 0.3) is 118 Å². The lowest BCUT2D eigenvalue weighted by molar-refractivity contribution is 0.669. The summed E-state index contributed by atoms with van der Waals surface area (Å²) in [6, 6.07) is 67.7. The first-order chi connectivity index (χ1) is 30.7. The number of rotatable bonds is 7. The molecule has 0 unspecified atom stereocenters. The molecule has 0 aliphatic heterocycles. The highest BCUT2D eigenvalue weighted by Gasteiger charge is 2.20. The van der Waals surface area contributed by atoms with Crippen LogP contribution in [-0.2, 0) is 0 Å². The SMILES string of the molecule is c1ccc(-c2nc(-c3ccccc3)nc(-c3ccc4oc5c(-c6nc(-c7ccccc7)nc(-c7ccc(-n8c9ccccc9c9ccccc98)cc7)n6)cccc5c4c3)n2)cc1. The fraction of sp³-hybridized carbons (Fsp3) is 0. The maximum atomic E-state index is 6.68. The van der Waals surface area contributed by atoms with Gasteiger partial charge in [0, 0.05) is 55.0 Å². The molecular formula is C54H33N7O. The third-order valence-electron chi connectivity index (χ3n) is 11.3. The molecule has 290 valence electrons. The molecule has 4 aromatic heterocycles. The van der Waals surface area contributed by atoms with Crippen molar-refractivity contribution in [1.29, 1.82) is 0 Å². The molecular weight excluding hydrogens is 763 g/mol. The van der Waals surface area contributed by atoms with Gasteiger partial charge in [-0.1, -0.05) is 140 Å². The van der Waals surface area contributed by atoms with Gasteiger partial charge in [-0.25, -0.2) is 29.9 Å². The summed E-state index contributed by atoms with van der Waals surface area (Å²) in [6.07, 6.45) is 0. The Hall–Kier alpha value is -8.62. The van der Waals surface area contributed by atoms with E-state index in [0.717, 1.165) is 66.5 Å². The summed E-state index contributed by atoms with van der Waals surface area (Å²) in [7, 11) is 0. The zero-order chi connectivity index (χ0) is 41.0. The number of benzene rings is 8. The van der Waals surface area contributed by atoms with Gasteiger partial charge in [0.15, 0.2) is 34.9 Å². The van der Waals surface area contributed by atoms with Crippen molar-refractivity contribution in [3.63, 3.8) is 0 Å². The highest BCUT2D eigenvalue weighted by atomic mass is 16.3. The van der Waals surface area contributed by atoms with Gasteiger partial charge in [0.2, 0.25) is 0 Å². The van der Waals surface area contributed by atoms with E-state index in [2.05, 4.69) is 89.5 Å². The fourth-order valence-electron chi connectivity index (χ4n) is 8.35. The quantitative estimate of drug-likeness (QED) is 0.158. The van der Waals surface area contributed by atoms with Gasteiger partial charge >= 0.3 is 0 Å². The van der Waals surface area contributed by atoms with Crippen molar-refractivity contribution in [3.05, 3.63) is 200 Å². The van der Waals surface area contributed by atoms with E-state index in [1.807, 2.05) is 115 Å². The summed E-state index contributed by atoms with van der Waals surface area (Å²) in [5.74, 6) is 3.44. The van der Waals surface area contributed by atoms with Crippen LogP contribution in [0.4, 0.5) is 0 Å². The molecule has 0 saturated carbocycles. The molecule has 0 aliphatic rings. The maximum absolute atomic E-state index is 6.68. The molecule has 0 aliphatic carbocycles. The highest BCUT2D eigenvalue weighted by Crippen LogP contribution is 2.38. The topological polar surface area (TPSA) is 95.4 Å². The van der Waals surface area contributed by atoms with E-state index < -0.39 is 0 Å². The average molecular weight is 796 g/mol. The van der Waals surface area contributed by atoms with E-state index >= 15 is 0 Å². The summed E-state index contributed by atoms with van der Waals surface area (Å²) >= 11 is 0. The van der Waals surface area contributed by atoms with E-state index in [9.17, 15) is 0 Å². The molecule has 12 aromatic rings. The van der Waals surface area contributed by atoms with Crippen LogP contribution in [0.5, 0.6) is 0 Å². The van der Waals surface area contributed by atoms with Crippen LogP contribution in [0.3, 0.4) is 0 Å². The summed E-state index contributed by atoms with van der Waals surface area (Å²) in [5, 5.41) is 4.30. The number of fused-ring (bicyclic) bond motifs is 6. The monoisotopic (exact) mass is 795 g/mol. The van der Waals surface area contributed by atoms with Crippen molar-refractivity contribution in [2.45, 2.75) is 0 Å². The average Bonchev–Trinajstić information content (AvgIpc) is 3.90. The molecule has 4 heterocycles. The van der Waals surface area contributed by atoms with Gasteiger partial charge in [0.05, 0.1) is 16.6 Å². The smallest absolute Gasteiger partial charge is 0.167 e. The van der Waals surface area contributed by atoms with Crippen LogP contribution in [0.1, 0.15) is 0 Å². The van der Waals surface area contributed by atoms with Gasteiger partial charge in [0.1, 0.15) is 11.2 Å². The minimum atomic E-state index is 0.516. The van der Waals surface area contributed by atoms with Gasteiger partial charge in [-0.2, -0.15) is 0 Å². The first-order valence-electron chi connectivity index (χ1n) is 20.5. The second-order valence-corrected chi connectivity index (χ2v) is 15.1. The van der Waals surface area contributed by atoms with E-state index in [4.69, 9.17) is 34.3 Å². The molecule has 0 spiro atoms. The molecule has 0 bridgehead atoms. The molecule has 12 rings (SSSR count). The van der Waals surface area contributed by atoms with Gasteiger partial charge in [-0.3, -0.25) is 0 Å². The Balaban J connectivity index is 0.976. The Bertz CT molecular complexity index is 3510.